The molecule has 3 heteroatoms. The number of rotatable bonds is 4. The molecule has 1 aromatic carbocycles. The minimum atomic E-state index is 0.464. The monoisotopic (exact) mass is 257 g/mol. The van der Waals surface area contributed by atoms with Crippen molar-refractivity contribution in [2.75, 3.05) is 6.54 Å². The first-order chi connectivity index (χ1) is 9.24. The van der Waals surface area contributed by atoms with Crippen molar-refractivity contribution in [2.45, 2.75) is 44.4 Å². The molecule has 1 aliphatic carbocycles. The molecule has 0 spiro atoms. The Hall–Kier alpha value is -1.35. The molecule has 3 rings (SSSR count). The van der Waals surface area contributed by atoms with Crippen LogP contribution in [0.2, 0.25) is 0 Å². The van der Waals surface area contributed by atoms with Crippen LogP contribution in [-0.4, -0.2) is 16.1 Å². The van der Waals surface area contributed by atoms with E-state index in [0.717, 1.165) is 18.5 Å². The Bertz CT molecular complexity index is 577. The predicted molar refractivity (Wildman–Crippen MR) is 79.4 cm³/mol. The normalized spacial score (nSPS) is 17.6. The smallest absolute Gasteiger partial charge is 0.112 e. The average molecular weight is 257 g/mol. The van der Waals surface area contributed by atoms with Crippen LogP contribution in [0.25, 0.3) is 11.0 Å². The highest BCUT2D eigenvalue weighted by atomic mass is 15.1. The quantitative estimate of drug-likeness (QED) is 0.913. The summed E-state index contributed by atoms with van der Waals surface area (Å²) >= 11 is 0. The highest BCUT2D eigenvalue weighted by Gasteiger charge is 2.24. The summed E-state index contributed by atoms with van der Waals surface area (Å²) in [7, 11) is 2.15. The van der Waals surface area contributed by atoms with Gasteiger partial charge in [-0.3, -0.25) is 0 Å². The Kier molecular flexibility index (Phi) is 3.31. The van der Waals surface area contributed by atoms with E-state index in [1.54, 1.807) is 0 Å². The lowest BCUT2D eigenvalue weighted by Crippen LogP contribution is -2.13. The number of fused-ring (bicyclic) bond motifs is 1. The van der Waals surface area contributed by atoms with Crippen LogP contribution in [0.5, 0.6) is 0 Å². The summed E-state index contributed by atoms with van der Waals surface area (Å²) in [4.78, 5) is 4.82. The lowest BCUT2D eigenvalue weighted by molar-refractivity contribution is 0.394. The Morgan fingerprint density at radius 1 is 1.42 bits per heavy atom. The van der Waals surface area contributed by atoms with Crippen LogP contribution < -0.4 is 5.73 Å². The lowest BCUT2D eigenvalue weighted by Gasteiger charge is -2.24. The van der Waals surface area contributed by atoms with E-state index in [1.807, 2.05) is 0 Å². The first-order valence-corrected chi connectivity index (χ1v) is 7.41. The second kappa shape index (κ2) is 4.97. The van der Waals surface area contributed by atoms with Gasteiger partial charge in [0.2, 0.25) is 0 Å². The number of aryl methyl sites for hydroxylation is 1. The van der Waals surface area contributed by atoms with Gasteiger partial charge >= 0.3 is 0 Å². The first-order valence-electron chi connectivity index (χ1n) is 7.41. The number of hydrogen-bond donors (Lipinski definition) is 1. The zero-order chi connectivity index (χ0) is 13.4. The number of nitrogens with zero attached hydrogens (tertiary/aromatic N) is 2. The van der Waals surface area contributed by atoms with Gasteiger partial charge in [0.05, 0.1) is 11.0 Å². The van der Waals surface area contributed by atoms with Gasteiger partial charge in [-0.05, 0) is 49.4 Å². The number of nitrogens with two attached hydrogens (primary N) is 1. The van der Waals surface area contributed by atoms with Crippen molar-refractivity contribution in [1.82, 2.24) is 9.55 Å². The van der Waals surface area contributed by atoms with E-state index >= 15 is 0 Å². The molecule has 0 bridgehead atoms. The van der Waals surface area contributed by atoms with Crippen molar-refractivity contribution in [3.63, 3.8) is 0 Å². The molecule has 1 atom stereocenters. The number of benzene rings is 1. The highest BCUT2D eigenvalue weighted by Crippen LogP contribution is 2.37. The third-order valence-electron chi connectivity index (χ3n) is 4.66. The summed E-state index contributed by atoms with van der Waals surface area (Å²) in [6, 6.07) is 6.64. The number of aromatic nitrogens is 2. The molecule has 1 heterocycles. The fourth-order valence-electron chi connectivity index (χ4n) is 3.05. The molecule has 0 saturated heterocycles. The van der Waals surface area contributed by atoms with E-state index < -0.39 is 0 Å². The van der Waals surface area contributed by atoms with Gasteiger partial charge in [-0.2, -0.15) is 0 Å². The average Bonchev–Trinajstić information content (AvgIpc) is 2.67. The minimum absolute atomic E-state index is 0.464. The summed E-state index contributed by atoms with van der Waals surface area (Å²) in [5.41, 5.74) is 9.59. The number of hydrogen-bond acceptors (Lipinski definition) is 2. The summed E-state index contributed by atoms with van der Waals surface area (Å²) in [5, 5.41) is 0. The molecule has 1 unspecified atom stereocenters. The zero-order valence-corrected chi connectivity index (χ0v) is 11.9. The van der Waals surface area contributed by atoms with Gasteiger partial charge in [0.15, 0.2) is 0 Å². The molecule has 1 fully saturated rings. The van der Waals surface area contributed by atoms with Crippen molar-refractivity contribution >= 4 is 11.0 Å². The van der Waals surface area contributed by atoms with Crippen LogP contribution in [-0.2, 0) is 7.05 Å². The molecule has 19 heavy (non-hydrogen) atoms. The van der Waals surface area contributed by atoms with Crippen molar-refractivity contribution in [3.8, 4) is 0 Å². The molecule has 1 saturated carbocycles. The highest BCUT2D eigenvalue weighted by molar-refractivity contribution is 5.77. The summed E-state index contributed by atoms with van der Waals surface area (Å²) in [5.74, 6) is 2.41. The molecule has 1 aromatic heterocycles. The molecule has 2 N–H and O–H groups in total. The maximum absolute atomic E-state index is 5.86. The topological polar surface area (TPSA) is 43.8 Å². The van der Waals surface area contributed by atoms with Crippen LogP contribution in [0.3, 0.4) is 0 Å². The van der Waals surface area contributed by atoms with E-state index in [4.69, 9.17) is 10.7 Å². The Labute approximate surface area is 114 Å². The molecule has 0 aliphatic heterocycles. The van der Waals surface area contributed by atoms with Gasteiger partial charge in [0.1, 0.15) is 5.82 Å². The standard InChI is InChI=1S/C16H23N3/c1-3-11(10-17)13-7-8-14-15(9-13)19(2)16(18-14)12-5-4-6-12/h7-9,11-12H,3-6,10,17H2,1-2H3. The van der Waals surface area contributed by atoms with Crippen molar-refractivity contribution in [1.29, 1.82) is 0 Å². The third-order valence-corrected chi connectivity index (χ3v) is 4.66. The van der Waals surface area contributed by atoms with Crippen molar-refractivity contribution in [2.24, 2.45) is 12.8 Å². The molecule has 0 radical (unpaired) electrons. The van der Waals surface area contributed by atoms with Gasteiger partial charge in [-0.1, -0.05) is 19.4 Å². The second-order valence-corrected chi connectivity index (χ2v) is 5.75. The van der Waals surface area contributed by atoms with E-state index in [1.165, 1.54) is 36.2 Å². The summed E-state index contributed by atoms with van der Waals surface area (Å²) < 4.78 is 2.28. The molecule has 102 valence electrons. The lowest BCUT2D eigenvalue weighted by atomic mass is 9.85. The SMILES string of the molecule is CCC(CN)c1ccc2nc(C3CCC3)n(C)c2c1. The zero-order valence-electron chi connectivity index (χ0n) is 11.9. The van der Waals surface area contributed by atoms with Crippen LogP contribution in [0.1, 0.15) is 55.8 Å². The van der Waals surface area contributed by atoms with Gasteiger partial charge in [0.25, 0.3) is 0 Å². The van der Waals surface area contributed by atoms with Gasteiger partial charge in [0, 0.05) is 13.0 Å². The molecule has 1 aliphatic rings. The van der Waals surface area contributed by atoms with E-state index in [0.29, 0.717) is 11.8 Å². The predicted octanol–water partition coefficient (Wildman–Crippen LogP) is 3.29. The second-order valence-electron chi connectivity index (χ2n) is 5.75. The maximum atomic E-state index is 5.86. The van der Waals surface area contributed by atoms with Crippen molar-refractivity contribution in [3.05, 3.63) is 29.6 Å². The molecular weight excluding hydrogens is 234 g/mol. The summed E-state index contributed by atoms with van der Waals surface area (Å²) in [6.07, 6.45) is 5.04. The number of imidazole rings is 1. The van der Waals surface area contributed by atoms with Crippen molar-refractivity contribution < 1.29 is 0 Å². The Morgan fingerprint density at radius 3 is 2.79 bits per heavy atom. The largest absolute Gasteiger partial charge is 0.331 e. The fraction of sp³-hybridized carbons (Fsp3) is 0.562. The molecule has 0 amide bonds. The van der Waals surface area contributed by atoms with Gasteiger partial charge in [-0.15, -0.1) is 0 Å². The van der Waals surface area contributed by atoms with Gasteiger partial charge < -0.3 is 10.3 Å². The van der Waals surface area contributed by atoms with Crippen LogP contribution in [0, 0.1) is 0 Å². The van der Waals surface area contributed by atoms with E-state index in [9.17, 15) is 0 Å². The molecule has 2 aromatic rings. The van der Waals surface area contributed by atoms with Gasteiger partial charge in [-0.25, -0.2) is 4.98 Å². The van der Waals surface area contributed by atoms with Crippen LogP contribution in [0.15, 0.2) is 18.2 Å². The van der Waals surface area contributed by atoms with Crippen LogP contribution in [0.4, 0.5) is 0 Å². The third kappa shape index (κ3) is 2.06. The summed E-state index contributed by atoms with van der Waals surface area (Å²) in [6.45, 7) is 2.92. The van der Waals surface area contributed by atoms with Crippen LogP contribution >= 0.6 is 0 Å². The first kappa shape index (κ1) is 12.7. The Morgan fingerprint density at radius 2 is 2.21 bits per heavy atom. The molecule has 3 nitrogen and oxygen atoms in total. The fourth-order valence-corrected chi connectivity index (χ4v) is 3.05. The van der Waals surface area contributed by atoms with E-state index in [-0.39, 0.29) is 0 Å². The molecular formula is C16H23N3. The minimum Gasteiger partial charge on any atom is -0.331 e. The maximum Gasteiger partial charge on any atom is 0.112 e. The Balaban J connectivity index is 2.04. The van der Waals surface area contributed by atoms with E-state index in [2.05, 4.69) is 36.7 Å².